The standard InChI is InChI=1S/C16H21FN2O3/c1-3-15(20)18-7-9-19(10-8-18)16(21)12-5-6-14(22-4-2)13(17)11-12/h5-6,11H,3-4,7-10H2,1-2H3. The summed E-state index contributed by atoms with van der Waals surface area (Å²) in [5.41, 5.74) is 0.302. The van der Waals surface area contributed by atoms with Crippen LogP contribution in [0.25, 0.3) is 0 Å². The van der Waals surface area contributed by atoms with Crippen molar-refractivity contribution in [1.82, 2.24) is 9.80 Å². The topological polar surface area (TPSA) is 49.9 Å². The van der Waals surface area contributed by atoms with E-state index in [0.717, 1.165) is 0 Å². The zero-order valence-corrected chi connectivity index (χ0v) is 13.0. The second-order valence-corrected chi connectivity index (χ2v) is 5.10. The van der Waals surface area contributed by atoms with Crippen molar-refractivity contribution in [1.29, 1.82) is 0 Å². The fraction of sp³-hybridized carbons (Fsp3) is 0.500. The smallest absolute Gasteiger partial charge is 0.254 e. The third kappa shape index (κ3) is 3.55. The molecule has 1 aliphatic heterocycles. The highest BCUT2D eigenvalue weighted by Gasteiger charge is 2.24. The lowest BCUT2D eigenvalue weighted by Crippen LogP contribution is -2.50. The summed E-state index contributed by atoms with van der Waals surface area (Å²) in [6.45, 7) is 5.96. The molecule has 120 valence electrons. The minimum Gasteiger partial charge on any atom is -0.491 e. The van der Waals surface area contributed by atoms with Crippen LogP contribution in [0.3, 0.4) is 0 Å². The number of halogens is 1. The van der Waals surface area contributed by atoms with E-state index in [4.69, 9.17) is 4.74 Å². The van der Waals surface area contributed by atoms with Gasteiger partial charge in [-0.1, -0.05) is 6.92 Å². The molecule has 2 rings (SSSR count). The van der Waals surface area contributed by atoms with Crippen molar-refractivity contribution in [2.24, 2.45) is 0 Å². The number of hydrogen-bond donors (Lipinski definition) is 0. The predicted octanol–water partition coefficient (Wildman–Crippen LogP) is 1.92. The highest BCUT2D eigenvalue weighted by Crippen LogP contribution is 2.19. The molecule has 1 aliphatic rings. The van der Waals surface area contributed by atoms with Crippen LogP contribution in [0, 0.1) is 5.82 Å². The summed E-state index contributed by atoms with van der Waals surface area (Å²) in [4.78, 5) is 27.4. The summed E-state index contributed by atoms with van der Waals surface area (Å²) >= 11 is 0. The Bertz CT molecular complexity index is 554. The Labute approximate surface area is 129 Å². The lowest BCUT2D eigenvalue weighted by molar-refractivity contribution is -0.132. The van der Waals surface area contributed by atoms with E-state index in [-0.39, 0.29) is 17.6 Å². The van der Waals surface area contributed by atoms with Gasteiger partial charge in [0.05, 0.1) is 6.61 Å². The van der Waals surface area contributed by atoms with Gasteiger partial charge in [0.2, 0.25) is 5.91 Å². The van der Waals surface area contributed by atoms with Gasteiger partial charge in [0.15, 0.2) is 11.6 Å². The first-order chi connectivity index (χ1) is 10.6. The van der Waals surface area contributed by atoms with Crippen molar-refractivity contribution < 1.29 is 18.7 Å². The van der Waals surface area contributed by atoms with E-state index in [1.54, 1.807) is 22.8 Å². The van der Waals surface area contributed by atoms with E-state index in [1.807, 2.05) is 6.92 Å². The number of carbonyl (C=O) groups excluding carboxylic acids is 2. The highest BCUT2D eigenvalue weighted by atomic mass is 19.1. The molecule has 0 spiro atoms. The molecular weight excluding hydrogens is 287 g/mol. The van der Waals surface area contributed by atoms with Crippen molar-refractivity contribution in [2.75, 3.05) is 32.8 Å². The number of ether oxygens (including phenoxy) is 1. The van der Waals surface area contributed by atoms with Crippen molar-refractivity contribution >= 4 is 11.8 Å². The summed E-state index contributed by atoms with van der Waals surface area (Å²) in [5.74, 6) is -0.505. The molecule has 0 bridgehead atoms. The van der Waals surface area contributed by atoms with Crippen molar-refractivity contribution in [3.8, 4) is 5.75 Å². The Kier molecular flexibility index (Phi) is 5.35. The number of hydrogen-bond acceptors (Lipinski definition) is 3. The highest BCUT2D eigenvalue weighted by molar-refractivity contribution is 5.94. The monoisotopic (exact) mass is 308 g/mol. The van der Waals surface area contributed by atoms with Crippen molar-refractivity contribution in [3.63, 3.8) is 0 Å². The average molecular weight is 308 g/mol. The maximum Gasteiger partial charge on any atom is 0.254 e. The van der Waals surface area contributed by atoms with E-state index < -0.39 is 5.82 Å². The first-order valence-electron chi connectivity index (χ1n) is 7.56. The van der Waals surface area contributed by atoms with Crippen LogP contribution < -0.4 is 4.74 Å². The molecule has 0 radical (unpaired) electrons. The Morgan fingerprint density at radius 1 is 1.14 bits per heavy atom. The third-order valence-electron chi connectivity index (χ3n) is 3.70. The van der Waals surface area contributed by atoms with Crippen LogP contribution in [0.2, 0.25) is 0 Å². The molecule has 22 heavy (non-hydrogen) atoms. The first-order valence-corrected chi connectivity index (χ1v) is 7.56. The normalized spacial score (nSPS) is 14.9. The van der Waals surface area contributed by atoms with E-state index in [2.05, 4.69) is 0 Å². The molecule has 0 atom stereocenters. The Morgan fingerprint density at radius 2 is 1.77 bits per heavy atom. The number of piperazine rings is 1. The number of rotatable bonds is 4. The lowest BCUT2D eigenvalue weighted by atomic mass is 10.1. The summed E-state index contributed by atoms with van der Waals surface area (Å²) in [7, 11) is 0. The Hall–Kier alpha value is -2.11. The fourth-order valence-corrected chi connectivity index (χ4v) is 2.47. The molecule has 1 aromatic rings. The molecule has 1 saturated heterocycles. The van der Waals surface area contributed by atoms with Gasteiger partial charge in [-0.25, -0.2) is 4.39 Å². The Morgan fingerprint density at radius 3 is 2.32 bits per heavy atom. The van der Waals surface area contributed by atoms with Gasteiger partial charge in [0, 0.05) is 38.2 Å². The summed E-state index contributed by atoms with van der Waals surface area (Å²) in [5, 5.41) is 0. The summed E-state index contributed by atoms with van der Waals surface area (Å²) < 4.78 is 19.0. The molecule has 0 aliphatic carbocycles. The van der Waals surface area contributed by atoms with E-state index in [9.17, 15) is 14.0 Å². The van der Waals surface area contributed by atoms with Gasteiger partial charge in [-0.05, 0) is 25.1 Å². The average Bonchev–Trinajstić information content (AvgIpc) is 2.55. The quantitative estimate of drug-likeness (QED) is 0.854. The van der Waals surface area contributed by atoms with Crippen molar-refractivity contribution in [3.05, 3.63) is 29.6 Å². The maximum atomic E-state index is 13.8. The van der Waals surface area contributed by atoms with E-state index in [1.165, 1.54) is 12.1 Å². The zero-order valence-electron chi connectivity index (χ0n) is 13.0. The van der Waals surface area contributed by atoms with Gasteiger partial charge in [-0.2, -0.15) is 0 Å². The minimum absolute atomic E-state index is 0.0965. The van der Waals surface area contributed by atoms with Gasteiger partial charge < -0.3 is 14.5 Å². The molecule has 0 N–H and O–H groups in total. The van der Waals surface area contributed by atoms with Crippen molar-refractivity contribution in [2.45, 2.75) is 20.3 Å². The zero-order chi connectivity index (χ0) is 16.1. The van der Waals surface area contributed by atoms with Crippen LogP contribution >= 0.6 is 0 Å². The molecule has 1 heterocycles. The van der Waals surface area contributed by atoms with Crippen LogP contribution in [-0.4, -0.2) is 54.4 Å². The summed E-state index contributed by atoms with van der Waals surface area (Å²) in [6.07, 6.45) is 0.470. The maximum absolute atomic E-state index is 13.8. The third-order valence-corrected chi connectivity index (χ3v) is 3.70. The largest absolute Gasteiger partial charge is 0.491 e. The van der Waals surface area contributed by atoms with E-state index in [0.29, 0.717) is 44.8 Å². The van der Waals surface area contributed by atoms with Crippen LogP contribution in [0.4, 0.5) is 4.39 Å². The Balaban J connectivity index is 2.01. The molecule has 0 saturated carbocycles. The van der Waals surface area contributed by atoms with Gasteiger partial charge in [0.25, 0.3) is 5.91 Å². The first kappa shape index (κ1) is 16.3. The molecule has 5 nitrogen and oxygen atoms in total. The van der Waals surface area contributed by atoms with Crippen LogP contribution in [0.5, 0.6) is 5.75 Å². The van der Waals surface area contributed by atoms with Gasteiger partial charge in [0.1, 0.15) is 0 Å². The van der Waals surface area contributed by atoms with Crippen LogP contribution in [0.1, 0.15) is 30.6 Å². The molecule has 1 aromatic carbocycles. The van der Waals surface area contributed by atoms with Gasteiger partial charge >= 0.3 is 0 Å². The second kappa shape index (κ2) is 7.24. The van der Waals surface area contributed by atoms with Gasteiger partial charge in [-0.3, -0.25) is 9.59 Å². The minimum atomic E-state index is -0.535. The molecule has 1 fully saturated rings. The molecular formula is C16H21FN2O3. The molecule has 2 amide bonds. The molecule has 6 heteroatoms. The second-order valence-electron chi connectivity index (χ2n) is 5.10. The number of carbonyl (C=O) groups is 2. The van der Waals surface area contributed by atoms with E-state index >= 15 is 0 Å². The molecule has 0 unspecified atom stereocenters. The number of benzene rings is 1. The lowest BCUT2D eigenvalue weighted by Gasteiger charge is -2.34. The summed E-state index contributed by atoms with van der Waals surface area (Å²) in [6, 6.07) is 4.25. The van der Waals surface area contributed by atoms with Gasteiger partial charge in [-0.15, -0.1) is 0 Å². The number of amides is 2. The fourth-order valence-electron chi connectivity index (χ4n) is 2.47. The number of nitrogens with zero attached hydrogens (tertiary/aromatic N) is 2. The SMILES string of the molecule is CCOc1ccc(C(=O)N2CCN(C(=O)CC)CC2)cc1F. The predicted molar refractivity (Wildman–Crippen MR) is 80.3 cm³/mol. The molecule has 0 aromatic heterocycles. The van der Waals surface area contributed by atoms with Crippen LogP contribution in [-0.2, 0) is 4.79 Å². The van der Waals surface area contributed by atoms with Crippen LogP contribution in [0.15, 0.2) is 18.2 Å².